The van der Waals surface area contributed by atoms with Gasteiger partial charge in [0, 0.05) is 43.9 Å². The number of hydrogen-bond acceptors (Lipinski definition) is 6. The number of benzene rings is 1. The van der Waals surface area contributed by atoms with Gasteiger partial charge in [-0.2, -0.15) is 0 Å². The molecule has 5 rings (SSSR count). The maximum atomic E-state index is 12.9. The quantitative estimate of drug-likeness (QED) is 0.684. The van der Waals surface area contributed by atoms with E-state index in [1.54, 1.807) is 7.11 Å². The molecule has 2 N–H and O–H groups in total. The van der Waals surface area contributed by atoms with E-state index in [1.807, 2.05) is 35.1 Å². The maximum absolute atomic E-state index is 12.9. The van der Waals surface area contributed by atoms with Crippen molar-refractivity contribution in [3.8, 4) is 5.75 Å². The molecule has 156 valence electrons. The first-order valence-corrected chi connectivity index (χ1v) is 10.3. The molecular formula is C21H29N5O3. The van der Waals surface area contributed by atoms with Crippen molar-refractivity contribution < 1.29 is 14.6 Å². The molecule has 0 aliphatic carbocycles. The van der Waals surface area contributed by atoms with Crippen molar-refractivity contribution in [1.29, 1.82) is 0 Å². The van der Waals surface area contributed by atoms with E-state index in [0.29, 0.717) is 24.9 Å². The minimum Gasteiger partial charge on any atom is -0.496 e. The van der Waals surface area contributed by atoms with Crippen LogP contribution >= 0.6 is 0 Å². The first-order valence-electron chi connectivity index (χ1n) is 10.3. The third kappa shape index (κ3) is 4.43. The number of ether oxygens (including phenoxy) is 1. The van der Waals surface area contributed by atoms with Gasteiger partial charge >= 0.3 is 0 Å². The Hall–Kier alpha value is -2.45. The number of nitrogens with zero attached hydrogens (tertiary/aromatic N) is 4. The summed E-state index contributed by atoms with van der Waals surface area (Å²) in [5.41, 5.74) is 1.81. The van der Waals surface area contributed by atoms with Gasteiger partial charge in [0.1, 0.15) is 5.75 Å². The lowest BCUT2D eigenvalue weighted by atomic mass is 9.75. The molecule has 2 bridgehead atoms. The Balaban J connectivity index is 1.33. The summed E-state index contributed by atoms with van der Waals surface area (Å²) < 4.78 is 7.24. The molecule has 0 radical (unpaired) electrons. The lowest BCUT2D eigenvalue weighted by molar-refractivity contribution is -0.133. The van der Waals surface area contributed by atoms with Gasteiger partial charge in [0.25, 0.3) is 0 Å². The summed E-state index contributed by atoms with van der Waals surface area (Å²) in [6.45, 7) is 3.18. The second-order valence-corrected chi connectivity index (χ2v) is 7.97. The van der Waals surface area contributed by atoms with Gasteiger partial charge in [0.15, 0.2) is 0 Å². The lowest BCUT2D eigenvalue weighted by Gasteiger charge is -2.49. The number of rotatable bonds is 8. The topological polar surface area (TPSA) is 92.5 Å². The van der Waals surface area contributed by atoms with Gasteiger partial charge in [0.05, 0.1) is 25.3 Å². The van der Waals surface area contributed by atoms with Crippen molar-refractivity contribution in [1.82, 2.24) is 25.2 Å². The third-order valence-corrected chi connectivity index (χ3v) is 6.21. The molecule has 3 aliphatic heterocycles. The van der Waals surface area contributed by atoms with Gasteiger partial charge < -0.3 is 15.2 Å². The van der Waals surface area contributed by atoms with Gasteiger partial charge in [-0.25, -0.2) is 0 Å². The maximum Gasteiger partial charge on any atom is 0.224 e. The van der Waals surface area contributed by atoms with Crippen LogP contribution in [0.4, 0.5) is 0 Å². The molecule has 2 aromatic rings. The molecule has 4 heterocycles. The second-order valence-electron chi connectivity index (χ2n) is 7.97. The van der Waals surface area contributed by atoms with Gasteiger partial charge in [-0.15, -0.1) is 5.10 Å². The highest BCUT2D eigenvalue weighted by Gasteiger charge is 2.43. The first kappa shape index (κ1) is 19.8. The molecule has 3 saturated heterocycles. The van der Waals surface area contributed by atoms with Crippen LogP contribution < -0.4 is 10.1 Å². The van der Waals surface area contributed by atoms with Crippen molar-refractivity contribution >= 4 is 5.91 Å². The molecular weight excluding hydrogens is 370 g/mol. The summed E-state index contributed by atoms with van der Waals surface area (Å²) in [6.07, 6.45) is 4.51. The summed E-state index contributed by atoms with van der Waals surface area (Å²) >= 11 is 0. The normalized spacial score (nSPS) is 25.7. The fourth-order valence-electron chi connectivity index (χ4n) is 4.66. The molecule has 4 atom stereocenters. The van der Waals surface area contributed by atoms with Gasteiger partial charge in [-0.1, -0.05) is 23.4 Å². The number of carbonyl (C=O) groups is 1. The molecule has 1 unspecified atom stereocenters. The number of nitrogens with one attached hydrogen (secondary N) is 1. The minimum atomic E-state index is 0.0374. The number of aliphatic hydroxyl groups excluding tert-OH is 1. The predicted molar refractivity (Wildman–Crippen MR) is 107 cm³/mol. The number of hydrogen-bond donors (Lipinski definition) is 2. The largest absolute Gasteiger partial charge is 0.496 e. The van der Waals surface area contributed by atoms with Crippen LogP contribution in [0.1, 0.15) is 24.1 Å². The van der Waals surface area contributed by atoms with E-state index in [-0.39, 0.29) is 18.4 Å². The van der Waals surface area contributed by atoms with Crippen molar-refractivity contribution in [3.05, 3.63) is 41.7 Å². The van der Waals surface area contributed by atoms with Gasteiger partial charge in [-0.05, 0) is 31.4 Å². The van der Waals surface area contributed by atoms with Crippen molar-refractivity contribution in [2.45, 2.75) is 38.4 Å². The lowest BCUT2D eigenvalue weighted by Crippen LogP contribution is -2.58. The molecule has 29 heavy (non-hydrogen) atoms. The van der Waals surface area contributed by atoms with Crippen LogP contribution in [0.15, 0.2) is 30.5 Å². The van der Waals surface area contributed by atoms with E-state index in [2.05, 4.69) is 20.5 Å². The summed E-state index contributed by atoms with van der Waals surface area (Å²) in [4.78, 5) is 15.3. The smallest absolute Gasteiger partial charge is 0.224 e. The monoisotopic (exact) mass is 399 g/mol. The molecule has 8 nitrogen and oxygen atoms in total. The van der Waals surface area contributed by atoms with E-state index in [9.17, 15) is 4.79 Å². The highest BCUT2D eigenvalue weighted by atomic mass is 16.5. The van der Waals surface area contributed by atoms with Crippen LogP contribution in [0.2, 0.25) is 0 Å². The zero-order valence-corrected chi connectivity index (χ0v) is 16.8. The SMILES string of the molecule is COc1ccccc1CNC(=O)[C@@H]1CN2CC[C@H]1C[C@@H]2Cn1cc(CCO)nn1. The summed E-state index contributed by atoms with van der Waals surface area (Å²) in [5.74, 6) is 1.38. The number of methoxy groups -OCH3 is 1. The number of fused-ring (bicyclic) bond motifs is 3. The van der Waals surface area contributed by atoms with Crippen LogP contribution in [0.5, 0.6) is 5.75 Å². The average Bonchev–Trinajstić information content (AvgIpc) is 3.19. The summed E-state index contributed by atoms with van der Waals surface area (Å²) in [6, 6.07) is 8.17. The standard InChI is InChI=1S/C21H29N5O3/c1-29-20-5-3-2-4-16(20)11-22-21(28)19-14-25-8-6-15(19)10-18(25)13-26-12-17(7-9-27)23-24-26/h2-5,12,15,18-19,27H,6-11,13-14H2,1H3,(H,22,28)/t15-,18+,19+/m0/s1. The van der Waals surface area contributed by atoms with Gasteiger partial charge in [-0.3, -0.25) is 14.4 Å². The van der Waals surface area contributed by atoms with E-state index in [1.165, 1.54) is 0 Å². The molecule has 8 heteroatoms. The Labute approximate surface area is 170 Å². The average molecular weight is 399 g/mol. The Morgan fingerprint density at radius 2 is 2.24 bits per heavy atom. The van der Waals surface area contributed by atoms with Gasteiger partial charge in [0.2, 0.25) is 5.91 Å². The summed E-state index contributed by atoms with van der Waals surface area (Å²) in [5, 5.41) is 20.4. The zero-order valence-electron chi connectivity index (χ0n) is 16.8. The molecule has 3 aliphatic rings. The molecule has 1 aromatic heterocycles. The van der Waals surface area contributed by atoms with Crippen LogP contribution in [0.25, 0.3) is 0 Å². The molecule has 3 fully saturated rings. The van der Waals surface area contributed by atoms with Crippen LogP contribution in [0.3, 0.4) is 0 Å². The minimum absolute atomic E-state index is 0.0374. The number of aliphatic hydroxyl groups is 1. The van der Waals surface area contributed by atoms with Crippen LogP contribution in [0, 0.1) is 11.8 Å². The number of amides is 1. The van der Waals surface area contributed by atoms with Crippen LogP contribution in [-0.4, -0.2) is 63.8 Å². The van der Waals surface area contributed by atoms with E-state index < -0.39 is 0 Å². The Morgan fingerprint density at radius 3 is 3.00 bits per heavy atom. The Morgan fingerprint density at radius 1 is 1.38 bits per heavy atom. The Kier molecular flexibility index (Phi) is 6.10. The predicted octanol–water partition coefficient (Wildman–Crippen LogP) is 0.848. The van der Waals surface area contributed by atoms with E-state index in [0.717, 1.165) is 49.5 Å². The zero-order chi connectivity index (χ0) is 20.2. The molecule has 1 aromatic carbocycles. The molecule has 1 amide bonds. The highest BCUT2D eigenvalue weighted by molar-refractivity contribution is 5.79. The second kappa shape index (κ2) is 8.92. The third-order valence-electron chi connectivity index (χ3n) is 6.21. The van der Waals surface area contributed by atoms with E-state index >= 15 is 0 Å². The molecule has 0 saturated carbocycles. The van der Waals surface area contributed by atoms with Crippen molar-refractivity contribution in [2.75, 3.05) is 26.8 Å². The summed E-state index contributed by atoms with van der Waals surface area (Å²) in [7, 11) is 1.65. The first-order chi connectivity index (χ1) is 14.2. The highest BCUT2D eigenvalue weighted by Crippen LogP contribution is 2.37. The number of piperidine rings is 3. The number of para-hydroxylation sites is 1. The number of carbonyl (C=O) groups excluding carboxylic acids is 1. The number of aromatic nitrogens is 3. The van der Waals surface area contributed by atoms with Crippen molar-refractivity contribution in [2.24, 2.45) is 11.8 Å². The van der Waals surface area contributed by atoms with E-state index in [4.69, 9.17) is 9.84 Å². The molecule has 0 spiro atoms. The fraction of sp³-hybridized carbons (Fsp3) is 0.571. The fourth-order valence-corrected chi connectivity index (χ4v) is 4.66. The van der Waals surface area contributed by atoms with Crippen molar-refractivity contribution in [3.63, 3.8) is 0 Å². The van der Waals surface area contributed by atoms with Crippen LogP contribution in [-0.2, 0) is 24.3 Å². The Bertz CT molecular complexity index is 839.